The molecule has 13 heavy (non-hydrogen) atoms. The van der Waals surface area contributed by atoms with Crippen molar-refractivity contribution in [3.8, 4) is 5.88 Å². The number of nitrogens with two attached hydrogens (primary N) is 1. The number of ether oxygens (including phenoxy) is 1. The molecule has 4 heteroatoms. The molecule has 0 radical (unpaired) electrons. The van der Waals surface area contributed by atoms with Crippen molar-refractivity contribution < 1.29 is 4.74 Å². The van der Waals surface area contributed by atoms with E-state index in [1.54, 1.807) is 0 Å². The van der Waals surface area contributed by atoms with E-state index in [1.165, 1.54) is 6.33 Å². The number of hydrogen-bond acceptors (Lipinski definition) is 4. The fourth-order valence-corrected chi connectivity index (χ4v) is 1.02. The lowest BCUT2D eigenvalue weighted by atomic mass is 10.2. The smallest absolute Gasteiger partial charge is 0.216 e. The van der Waals surface area contributed by atoms with Crippen LogP contribution in [0.3, 0.4) is 0 Å². The summed E-state index contributed by atoms with van der Waals surface area (Å²) in [6.07, 6.45) is 3.36. The lowest BCUT2D eigenvalue weighted by Crippen LogP contribution is -2.02. The van der Waals surface area contributed by atoms with Crippen LogP contribution in [0.4, 0.5) is 0 Å². The van der Waals surface area contributed by atoms with E-state index in [9.17, 15) is 0 Å². The van der Waals surface area contributed by atoms with Gasteiger partial charge in [-0.1, -0.05) is 0 Å². The minimum Gasteiger partial charge on any atom is -0.478 e. The molecule has 0 aromatic carbocycles. The molecule has 1 heterocycles. The fraction of sp³-hybridized carbons (Fsp3) is 0.556. The first-order valence-electron chi connectivity index (χ1n) is 4.50. The van der Waals surface area contributed by atoms with Gasteiger partial charge in [-0.3, -0.25) is 0 Å². The van der Waals surface area contributed by atoms with Crippen LogP contribution in [0, 0.1) is 0 Å². The van der Waals surface area contributed by atoms with E-state index in [4.69, 9.17) is 10.5 Å². The Morgan fingerprint density at radius 2 is 2.31 bits per heavy atom. The highest BCUT2D eigenvalue weighted by molar-refractivity contribution is 5.13. The molecular weight excluding hydrogens is 166 g/mol. The first-order valence-corrected chi connectivity index (χ1v) is 4.50. The topological polar surface area (TPSA) is 61.0 Å². The first kappa shape index (κ1) is 9.92. The standard InChI is InChI=1S/C9H15N3O/c1-2-13-9-6-8(4-3-5-10)11-7-12-9/h6-7H,2-5,10H2,1H3. The van der Waals surface area contributed by atoms with Crippen molar-refractivity contribution in [2.75, 3.05) is 13.2 Å². The van der Waals surface area contributed by atoms with Crippen LogP contribution in [0.5, 0.6) is 5.88 Å². The highest BCUT2D eigenvalue weighted by Crippen LogP contribution is 2.07. The van der Waals surface area contributed by atoms with Gasteiger partial charge in [0.1, 0.15) is 6.33 Å². The summed E-state index contributed by atoms with van der Waals surface area (Å²) in [4.78, 5) is 8.09. The Hall–Kier alpha value is -1.16. The third-order valence-electron chi connectivity index (χ3n) is 1.63. The molecule has 0 atom stereocenters. The molecule has 72 valence electrons. The lowest BCUT2D eigenvalue weighted by Gasteiger charge is -2.02. The molecule has 0 amide bonds. The Morgan fingerprint density at radius 3 is 3.00 bits per heavy atom. The maximum absolute atomic E-state index is 5.40. The van der Waals surface area contributed by atoms with Crippen LogP contribution in [0.2, 0.25) is 0 Å². The second-order valence-corrected chi connectivity index (χ2v) is 2.67. The fourth-order valence-electron chi connectivity index (χ4n) is 1.02. The zero-order valence-electron chi connectivity index (χ0n) is 7.86. The molecule has 1 aromatic rings. The second-order valence-electron chi connectivity index (χ2n) is 2.67. The van der Waals surface area contributed by atoms with Gasteiger partial charge < -0.3 is 10.5 Å². The van der Waals surface area contributed by atoms with E-state index in [2.05, 4.69) is 9.97 Å². The van der Waals surface area contributed by atoms with E-state index >= 15 is 0 Å². The van der Waals surface area contributed by atoms with Crippen LogP contribution in [-0.4, -0.2) is 23.1 Å². The molecule has 0 aliphatic heterocycles. The summed E-state index contributed by atoms with van der Waals surface area (Å²) in [6, 6.07) is 1.86. The van der Waals surface area contributed by atoms with Crippen molar-refractivity contribution >= 4 is 0 Å². The molecule has 1 rings (SSSR count). The van der Waals surface area contributed by atoms with Gasteiger partial charge >= 0.3 is 0 Å². The number of aromatic nitrogens is 2. The van der Waals surface area contributed by atoms with Gasteiger partial charge in [0.2, 0.25) is 5.88 Å². The van der Waals surface area contributed by atoms with Crippen molar-refractivity contribution in [3.63, 3.8) is 0 Å². The summed E-state index contributed by atoms with van der Waals surface area (Å²) in [5, 5.41) is 0. The van der Waals surface area contributed by atoms with E-state index in [-0.39, 0.29) is 0 Å². The van der Waals surface area contributed by atoms with Gasteiger partial charge in [0, 0.05) is 11.8 Å². The van der Waals surface area contributed by atoms with E-state index < -0.39 is 0 Å². The third-order valence-corrected chi connectivity index (χ3v) is 1.63. The number of aryl methyl sites for hydroxylation is 1. The number of rotatable bonds is 5. The van der Waals surface area contributed by atoms with Crippen molar-refractivity contribution in [1.82, 2.24) is 9.97 Å². The number of hydrogen-bond donors (Lipinski definition) is 1. The summed E-state index contributed by atoms with van der Waals surface area (Å²) in [5.74, 6) is 0.643. The lowest BCUT2D eigenvalue weighted by molar-refractivity contribution is 0.325. The van der Waals surface area contributed by atoms with Gasteiger partial charge in [0.05, 0.1) is 6.61 Å². The molecule has 2 N–H and O–H groups in total. The highest BCUT2D eigenvalue weighted by Gasteiger charge is 1.97. The molecule has 0 aliphatic rings. The Bertz CT molecular complexity index is 252. The average Bonchev–Trinajstić information content (AvgIpc) is 2.16. The van der Waals surface area contributed by atoms with Crippen LogP contribution < -0.4 is 10.5 Å². The van der Waals surface area contributed by atoms with Gasteiger partial charge in [-0.15, -0.1) is 0 Å². The summed E-state index contributed by atoms with van der Waals surface area (Å²) in [5.41, 5.74) is 6.39. The van der Waals surface area contributed by atoms with Gasteiger partial charge in [-0.2, -0.15) is 0 Å². The Labute approximate surface area is 78.1 Å². The minimum absolute atomic E-state index is 0.632. The molecule has 0 bridgehead atoms. The number of nitrogens with zero attached hydrogens (tertiary/aromatic N) is 2. The van der Waals surface area contributed by atoms with E-state index in [0.29, 0.717) is 19.0 Å². The summed E-state index contributed by atoms with van der Waals surface area (Å²) >= 11 is 0. The molecule has 0 aliphatic carbocycles. The van der Waals surface area contributed by atoms with Gasteiger partial charge in [-0.05, 0) is 26.3 Å². The third kappa shape index (κ3) is 3.38. The van der Waals surface area contributed by atoms with E-state index in [1.807, 2.05) is 13.0 Å². The Balaban J connectivity index is 2.56. The molecule has 0 saturated carbocycles. The van der Waals surface area contributed by atoms with Crippen LogP contribution in [0.1, 0.15) is 19.0 Å². The van der Waals surface area contributed by atoms with E-state index in [0.717, 1.165) is 18.5 Å². The van der Waals surface area contributed by atoms with Gasteiger partial charge in [0.25, 0.3) is 0 Å². The molecule has 1 aromatic heterocycles. The van der Waals surface area contributed by atoms with Crippen LogP contribution in [-0.2, 0) is 6.42 Å². The van der Waals surface area contributed by atoms with Crippen molar-refractivity contribution in [2.45, 2.75) is 19.8 Å². The van der Waals surface area contributed by atoms with Crippen LogP contribution in [0.15, 0.2) is 12.4 Å². The highest BCUT2D eigenvalue weighted by atomic mass is 16.5. The summed E-state index contributed by atoms with van der Waals surface area (Å²) in [6.45, 7) is 3.25. The van der Waals surface area contributed by atoms with Gasteiger partial charge in [-0.25, -0.2) is 9.97 Å². The molecule has 4 nitrogen and oxygen atoms in total. The largest absolute Gasteiger partial charge is 0.478 e. The SMILES string of the molecule is CCOc1cc(CCCN)ncn1. The van der Waals surface area contributed by atoms with Crippen molar-refractivity contribution in [3.05, 3.63) is 18.1 Å². The zero-order chi connectivity index (χ0) is 9.52. The van der Waals surface area contributed by atoms with Gasteiger partial charge in [0.15, 0.2) is 0 Å². The summed E-state index contributed by atoms with van der Waals surface area (Å²) < 4.78 is 5.24. The van der Waals surface area contributed by atoms with Crippen LogP contribution >= 0.6 is 0 Å². The Morgan fingerprint density at radius 1 is 1.46 bits per heavy atom. The maximum atomic E-state index is 5.40. The summed E-state index contributed by atoms with van der Waals surface area (Å²) in [7, 11) is 0. The predicted octanol–water partition coefficient (Wildman–Crippen LogP) is 0.767. The second kappa shape index (κ2) is 5.48. The first-order chi connectivity index (χ1) is 6.36. The molecule has 0 unspecified atom stereocenters. The normalized spacial score (nSPS) is 10.0. The van der Waals surface area contributed by atoms with Crippen LogP contribution in [0.25, 0.3) is 0 Å². The monoisotopic (exact) mass is 181 g/mol. The predicted molar refractivity (Wildman–Crippen MR) is 50.6 cm³/mol. The molecular formula is C9H15N3O. The minimum atomic E-state index is 0.632. The molecule has 0 fully saturated rings. The maximum Gasteiger partial charge on any atom is 0.216 e. The molecule has 0 spiro atoms. The van der Waals surface area contributed by atoms with Crippen molar-refractivity contribution in [2.24, 2.45) is 5.73 Å². The Kier molecular flexibility index (Phi) is 4.18. The van der Waals surface area contributed by atoms with Crippen molar-refractivity contribution in [1.29, 1.82) is 0 Å². The molecule has 0 saturated heterocycles. The average molecular weight is 181 g/mol. The quantitative estimate of drug-likeness (QED) is 0.728. The zero-order valence-corrected chi connectivity index (χ0v) is 7.86.